The molecule has 0 spiro atoms. The van der Waals surface area contributed by atoms with Gasteiger partial charge in [-0.15, -0.1) is 0 Å². The van der Waals surface area contributed by atoms with Crippen LogP contribution in [0.15, 0.2) is 0 Å². The van der Waals surface area contributed by atoms with Crippen molar-refractivity contribution in [3.8, 4) is 0 Å². The topological polar surface area (TPSA) is 108 Å². The van der Waals surface area contributed by atoms with Crippen molar-refractivity contribution in [2.45, 2.75) is 64.5 Å². The van der Waals surface area contributed by atoms with E-state index in [0.717, 1.165) is 45.2 Å². The van der Waals surface area contributed by atoms with Crippen LogP contribution in [0.1, 0.15) is 52.4 Å². The molecule has 0 rings (SSSR count). The second kappa shape index (κ2) is 18.2. The first-order chi connectivity index (χ1) is 11.6. The summed E-state index contributed by atoms with van der Waals surface area (Å²) < 4.78 is 0. The molecule has 7 heteroatoms. The lowest BCUT2D eigenvalue weighted by Gasteiger charge is -2.20. The molecule has 0 heterocycles. The first-order valence-electron chi connectivity index (χ1n) is 9.13. The predicted molar refractivity (Wildman–Crippen MR) is 101 cm³/mol. The molecule has 0 aromatic carbocycles. The highest BCUT2D eigenvalue weighted by molar-refractivity contribution is 5.88. The van der Waals surface area contributed by atoms with E-state index in [9.17, 15) is 9.59 Å². The quantitative estimate of drug-likeness (QED) is 0.292. The van der Waals surface area contributed by atoms with E-state index >= 15 is 0 Å². The fraction of sp³-hybridized carbons (Fsp3) is 0.882. The Morgan fingerprint density at radius 2 is 1.29 bits per heavy atom. The van der Waals surface area contributed by atoms with Crippen molar-refractivity contribution in [3.05, 3.63) is 0 Å². The van der Waals surface area contributed by atoms with Gasteiger partial charge < -0.3 is 27.0 Å². The molecule has 0 radical (unpaired) electrons. The Morgan fingerprint density at radius 1 is 0.833 bits per heavy atom. The molecule has 7 nitrogen and oxygen atoms in total. The Hall–Kier alpha value is -1.18. The minimum Gasteiger partial charge on any atom is -0.368 e. The largest absolute Gasteiger partial charge is 0.368 e. The van der Waals surface area contributed by atoms with Gasteiger partial charge in [-0.1, -0.05) is 20.3 Å². The van der Waals surface area contributed by atoms with Gasteiger partial charge in [0.15, 0.2) is 0 Å². The minimum absolute atomic E-state index is 0.149. The number of nitrogens with one attached hydrogen (secondary N) is 4. The van der Waals surface area contributed by atoms with E-state index < -0.39 is 11.9 Å². The summed E-state index contributed by atoms with van der Waals surface area (Å²) in [5, 5.41) is 11.9. The van der Waals surface area contributed by atoms with Crippen LogP contribution in [-0.2, 0) is 9.59 Å². The average molecular weight is 346 g/mol. The van der Waals surface area contributed by atoms with Gasteiger partial charge in [0.25, 0.3) is 0 Å². The molecule has 0 saturated heterocycles. The molecule has 24 heavy (non-hydrogen) atoms. The Morgan fingerprint density at radius 3 is 1.67 bits per heavy atom. The lowest BCUT2D eigenvalue weighted by atomic mass is 10.1. The fourth-order valence-corrected chi connectivity index (χ4v) is 2.26. The molecule has 0 aliphatic carbocycles. The number of carbonyl (C=O) groups is 2. The molecule has 0 aromatic rings. The SMILES string of the molecule is CC.CNCCCCC(NC(=O)C(CCCCNC)NC)C(N)=O. The first kappa shape index (κ1) is 25.1. The maximum absolute atomic E-state index is 12.2. The number of unbranched alkanes of at least 4 members (excludes halogenated alkanes) is 2. The lowest BCUT2D eigenvalue weighted by molar-refractivity contribution is -0.128. The van der Waals surface area contributed by atoms with Crippen LogP contribution in [0.3, 0.4) is 0 Å². The zero-order valence-corrected chi connectivity index (χ0v) is 16.2. The maximum atomic E-state index is 12.2. The number of amides is 2. The third-order valence-corrected chi connectivity index (χ3v) is 3.66. The van der Waals surface area contributed by atoms with Crippen molar-refractivity contribution in [2.75, 3.05) is 34.2 Å². The standard InChI is InChI=1S/C15H33N5O2.C2H6/c1-17-10-6-4-8-12(14(16)21)20-15(22)13(19-3)9-5-7-11-18-2;1-2/h12-13,17-19H,4-11H2,1-3H3,(H2,16,21)(H,20,22);1-2H3. The molecule has 6 N–H and O–H groups in total. The van der Waals surface area contributed by atoms with Crippen LogP contribution in [0.5, 0.6) is 0 Å². The molecule has 0 bridgehead atoms. The van der Waals surface area contributed by atoms with Gasteiger partial charge in [-0.3, -0.25) is 9.59 Å². The number of rotatable bonds is 14. The summed E-state index contributed by atoms with van der Waals surface area (Å²) in [5.41, 5.74) is 5.38. The molecule has 0 fully saturated rings. The van der Waals surface area contributed by atoms with Gasteiger partial charge in [0.2, 0.25) is 11.8 Å². The minimum atomic E-state index is -0.586. The summed E-state index contributed by atoms with van der Waals surface area (Å²) in [4.78, 5) is 23.7. The van der Waals surface area contributed by atoms with E-state index in [1.165, 1.54) is 0 Å². The Kier molecular flexibility index (Phi) is 19.0. The van der Waals surface area contributed by atoms with E-state index in [2.05, 4.69) is 21.3 Å². The smallest absolute Gasteiger partial charge is 0.240 e. The van der Waals surface area contributed by atoms with Crippen molar-refractivity contribution in [1.29, 1.82) is 0 Å². The molecule has 0 aliphatic heterocycles. The highest BCUT2D eigenvalue weighted by Crippen LogP contribution is 2.04. The van der Waals surface area contributed by atoms with E-state index in [0.29, 0.717) is 6.42 Å². The number of nitrogens with two attached hydrogens (primary N) is 1. The van der Waals surface area contributed by atoms with Crippen LogP contribution in [0.25, 0.3) is 0 Å². The number of primary amides is 1. The Balaban J connectivity index is 0. The maximum Gasteiger partial charge on any atom is 0.240 e. The summed E-state index contributed by atoms with van der Waals surface area (Å²) in [6.45, 7) is 5.83. The van der Waals surface area contributed by atoms with Gasteiger partial charge in [0, 0.05) is 0 Å². The van der Waals surface area contributed by atoms with Crippen LogP contribution in [0.4, 0.5) is 0 Å². The highest BCUT2D eigenvalue weighted by Gasteiger charge is 2.22. The van der Waals surface area contributed by atoms with Crippen LogP contribution < -0.4 is 27.0 Å². The first-order valence-corrected chi connectivity index (χ1v) is 9.13. The molecule has 144 valence electrons. The van der Waals surface area contributed by atoms with Crippen LogP contribution in [-0.4, -0.2) is 58.1 Å². The fourth-order valence-electron chi connectivity index (χ4n) is 2.26. The van der Waals surface area contributed by atoms with Crippen molar-refractivity contribution < 1.29 is 9.59 Å². The van der Waals surface area contributed by atoms with Gasteiger partial charge in [-0.25, -0.2) is 0 Å². The lowest BCUT2D eigenvalue weighted by Crippen LogP contribution is -2.51. The molecule has 2 atom stereocenters. The number of hydrogen-bond acceptors (Lipinski definition) is 5. The van der Waals surface area contributed by atoms with Crippen LogP contribution >= 0.6 is 0 Å². The Labute approximate surface area is 147 Å². The van der Waals surface area contributed by atoms with Gasteiger partial charge in [-0.05, 0) is 66.3 Å². The van der Waals surface area contributed by atoms with Crippen molar-refractivity contribution in [3.63, 3.8) is 0 Å². The molecule has 0 aromatic heterocycles. The monoisotopic (exact) mass is 345 g/mol. The summed E-state index contributed by atoms with van der Waals surface area (Å²) in [7, 11) is 5.56. The second-order valence-electron chi connectivity index (χ2n) is 5.50. The molecule has 0 saturated carbocycles. The third-order valence-electron chi connectivity index (χ3n) is 3.66. The van der Waals surface area contributed by atoms with Crippen LogP contribution in [0, 0.1) is 0 Å². The summed E-state index contributed by atoms with van der Waals surface area (Å²) in [6.07, 6.45) is 5.10. The third kappa shape index (κ3) is 13.3. The van der Waals surface area contributed by atoms with Crippen molar-refractivity contribution >= 4 is 11.8 Å². The van der Waals surface area contributed by atoms with Gasteiger partial charge in [0.05, 0.1) is 6.04 Å². The zero-order valence-electron chi connectivity index (χ0n) is 16.2. The average Bonchev–Trinajstić information content (AvgIpc) is 2.59. The Bertz CT molecular complexity index is 313. The summed E-state index contributed by atoms with van der Waals surface area (Å²) in [6, 6.07) is -0.867. The molecular weight excluding hydrogens is 306 g/mol. The highest BCUT2D eigenvalue weighted by atomic mass is 16.2. The molecule has 0 aliphatic rings. The van der Waals surface area contributed by atoms with Crippen molar-refractivity contribution in [1.82, 2.24) is 21.3 Å². The van der Waals surface area contributed by atoms with Gasteiger partial charge in [0.1, 0.15) is 6.04 Å². The predicted octanol–water partition coefficient (Wildman–Crippen LogP) is 0.350. The number of likely N-dealkylation sites (N-methyl/N-ethyl adjacent to an activating group) is 1. The number of carbonyl (C=O) groups excluding carboxylic acids is 2. The van der Waals surface area contributed by atoms with E-state index in [4.69, 9.17) is 5.73 Å². The van der Waals surface area contributed by atoms with Gasteiger partial charge >= 0.3 is 0 Å². The molecule has 2 amide bonds. The summed E-state index contributed by atoms with van der Waals surface area (Å²) >= 11 is 0. The molecule has 2 unspecified atom stereocenters. The zero-order chi connectivity index (χ0) is 18.8. The van der Waals surface area contributed by atoms with Crippen LogP contribution in [0.2, 0.25) is 0 Å². The normalized spacial score (nSPS) is 12.7. The molecular formula is C17H39N5O2. The van der Waals surface area contributed by atoms with E-state index in [1.807, 2.05) is 27.9 Å². The van der Waals surface area contributed by atoms with E-state index in [1.54, 1.807) is 7.05 Å². The van der Waals surface area contributed by atoms with Gasteiger partial charge in [-0.2, -0.15) is 0 Å². The second-order valence-corrected chi connectivity index (χ2v) is 5.50. The van der Waals surface area contributed by atoms with E-state index in [-0.39, 0.29) is 11.9 Å². The number of hydrogen-bond donors (Lipinski definition) is 5. The summed E-state index contributed by atoms with van der Waals surface area (Å²) in [5.74, 6) is -0.618. The van der Waals surface area contributed by atoms with Crippen molar-refractivity contribution in [2.24, 2.45) is 5.73 Å².